The minimum atomic E-state index is -4.81. The number of pyridine rings is 1. The molecule has 1 aromatic heterocycles. The summed E-state index contributed by atoms with van der Waals surface area (Å²) >= 11 is 1.70. The molecule has 5 nitrogen and oxygen atoms in total. The average molecular weight is 388 g/mol. The van der Waals surface area contributed by atoms with Crippen molar-refractivity contribution in [2.45, 2.75) is 44.8 Å². The van der Waals surface area contributed by atoms with Crippen LogP contribution in [0.4, 0.5) is 18.9 Å². The van der Waals surface area contributed by atoms with Gasteiger partial charge in [-0.2, -0.15) is 24.9 Å². The molecule has 1 aliphatic carbocycles. The van der Waals surface area contributed by atoms with E-state index in [0.717, 1.165) is 17.9 Å². The molecule has 2 atom stereocenters. The highest BCUT2D eigenvalue weighted by molar-refractivity contribution is 7.99. The van der Waals surface area contributed by atoms with Gasteiger partial charge in [-0.1, -0.05) is 0 Å². The first-order valence-corrected chi connectivity index (χ1v) is 9.50. The number of halogens is 3. The van der Waals surface area contributed by atoms with E-state index in [2.05, 4.69) is 5.32 Å². The monoisotopic (exact) mass is 388 g/mol. The van der Waals surface area contributed by atoms with Gasteiger partial charge in [0.25, 0.3) is 5.56 Å². The van der Waals surface area contributed by atoms with E-state index in [9.17, 15) is 27.6 Å². The highest BCUT2D eigenvalue weighted by atomic mass is 32.2. The number of Topliss-reactive ketones (excluding diaryl/α,β-unsaturated/α-hetero) is 1. The summed E-state index contributed by atoms with van der Waals surface area (Å²) in [4.78, 5) is 36.2. The second kappa shape index (κ2) is 6.75. The molecule has 0 bridgehead atoms. The van der Waals surface area contributed by atoms with Crippen LogP contribution in [0.5, 0.6) is 0 Å². The third kappa shape index (κ3) is 3.28. The van der Waals surface area contributed by atoms with Crippen LogP contribution in [0.3, 0.4) is 0 Å². The maximum absolute atomic E-state index is 13.6. The lowest BCUT2D eigenvalue weighted by Crippen LogP contribution is -2.46. The number of hydrogen-bond donors (Lipinski definition) is 1. The molecule has 1 saturated carbocycles. The molecule has 2 unspecified atom stereocenters. The van der Waals surface area contributed by atoms with Gasteiger partial charge in [-0.15, -0.1) is 0 Å². The molecule has 2 heterocycles. The van der Waals surface area contributed by atoms with Gasteiger partial charge in [0.2, 0.25) is 5.91 Å². The second-order valence-corrected chi connectivity index (χ2v) is 8.03. The SMILES string of the molecule is Cc1cc(=O)n(C2CCSC2)cc1NC(=O)C1(C(F)(F)F)CCC(=O)C1. The van der Waals surface area contributed by atoms with E-state index >= 15 is 0 Å². The topological polar surface area (TPSA) is 68.2 Å². The maximum Gasteiger partial charge on any atom is 0.403 e. The zero-order chi connectivity index (χ0) is 19.1. The van der Waals surface area contributed by atoms with Crippen molar-refractivity contribution in [3.8, 4) is 0 Å². The Hall–Kier alpha value is -1.77. The smallest absolute Gasteiger partial charge is 0.324 e. The van der Waals surface area contributed by atoms with E-state index in [4.69, 9.17) is 0 Å². The van der Waals surface area contributed by atoms with Crippen molar-refractivity contribution < 1.29 is 22.8 Å². The number of carbonyl (C=O) groups is 2. The van der Waals surface area contributed by atoms with E-state index in [1.807, 2.05) is 0 Å². The number of thioether (sulfide) groups is 1. The standard InChI is InChI=1S/C17H19F3N2O3S/c1-10-6-14(24)22(11-3-5-26-9-11)8-13(10)21-15(25)16(17(18,19)20)4-2-12(23)7-16/h6,8,11H,2-5,7,9H2,1H3,(H,21,25). The average Bonchev–Trinajstić information content (AvgIpc) is 3.19. The number of aryl methyl sites for hydroxylation is 1. The Morgan fingerprint density at radius 1 is 1.38 bits per heavy atom. The van der Waals surface area contributed by atoms with Crippen LogP contribution < -0.4 is 10.9 Å². The Morgan fingerprint density at radius 2 is 2.12 bits per heavy atom. The number of carbonyl (C=O) groups excluding carboxylic acids is 2. The summed E-state index contributed by atoms with van der Waals surface area (Å²) in [6.45, 7) is 1.56. The number of rotatable bonds is 3. The van der Waals surface area contributed by atoms with Gasteiger partial charge in [-0.25, -0.2) is 0 Å². The van der Waals surface area contributed by atoms with Crippen LogP contribution in [0.2, 0.25) is 0 Å². The first-order valence-electron chi connectivity index (χ1n) is 8.34. The molecule has 1 amide bonds. The highest BCUT2D eigenvalue weighted by Gasteiger charge is 2.63. The number of nitrogens with zero attached hydrogens (tertiary/aromatic N) is 1. The lowest BCUT2D eigenvalue weighted by molar-refractivity contribution is -0.217. The summed E-state index contributed by atoms with van der Waals surface area (Å²) in [6, 6.07) is 1.28. The Morgan fingerprint density at radius 3 is 2.65 bits per heavy atom. The normalized spacial score (nSPS) is 26.3. The molecule has 1 saturated heterocycles. The summed E-state index contributed by atoms with van der Waals surface area (Å²) < 4.78 is 42.2. The summed E-state index contributed by atoms with van der Waals surface area (Å²) in [7, 11) is 0. The van der Waals surface area contributed by atoms with Crippen molar-refractivity contribution in [1.29, 1.82) is 0 Å². The number of anilines is 1. The Kier molecular flexibility index (Phi) is 4.94. The Bertz CT molecular complexity index is 799. The minimum Gasteiger partial charge on any atom is -0.324 e. The number of ketones is 1. The largest absolute Gasteiger partial charge is 0.403 e. The first-order chi connectivity index (χ1) is 12.1. The summed E-state index contributed by atoms with van der Waals surface area (Å²) in [5.74, 6) is -0.143. The van der Waals surface area contributed by atoms with Crippen LogP contribution in [-0.2, 0) is 9.59 Å². The fraction of sp³-hybridized carbons (Fsp3) is 0.588. The molecule has 0 radical (unpaired) electrons. The zero-order valence-electron chi connectivity index (χ0n) is 14.2. The lowest BCUT2D eigenvalue weighted by atomic mass is 9.84. The molecule has 2 aliphatic rings. The molecule has 9 heteroatoms. The number of hydrogen-bond acceptors (Lipinski definition) is 4. The summed E-state index contributed by atoms with van der Waals surface area (Å²) in [5, 5.41) is 2.33. The Labute approximate surface area is 152 Å². The molecule has 26 heavy (non-hydrogen) atoms. The van der Waals surface area contributed by atoms with Crippen LogP contribution in [0.15, 0.2) is 17.1 Å². The number of aromatic nitrogens is 1. The lowest BCUT2D eigenvalue weighted by Gasteiger charge is -2.29. The molecule has 2 fully saturated rings. The van der Waals surface area contributed by atoms with Gasteiger partial charge in [-0.3, -0.25) is 14.4 Å². The molecule has 3 rings (SSSR count). The molecule has 142 valence electrons. The second-order valence-electron chi connectivity index (χ2n) is 6.88. The molecule has 1 N–H and O–H groups in total. The van der Waals surface area contributed by atoms with E-state index in [0.29, 0.717) is 5.56 Å². The van der Waals surface area contributed by atoms with Crippen LogP contribution in [0.25, 0.3) is 0 Å². The predicted molar refractivity (Wildman–Crippen MR) is 92.4 cm³/mol. The van der Waals surface area contributed by atoms with Crippen molar-refractivity contribution in [1.82, 2.24) is 4.57 Å². The van der Waals surface area contributed by atoms with Gasteiger partial charge in [-0.05, 0) is 31.1 Å². The number of nitrogens with one attached hydrogen (secondary N) is 1. The number of amides is 1. The third-order valence-corrected chi connectivity index (χ3v) is 6.29. The van der Waals surface area contributed by atoms with Crippen LogP contribution in [-0.4, -0.2) is 33.9 Å². The first kappa shape index (κ1) is 19.0. The molecule has 1 aliphatic heterocycles. The highest BCUT2D eigenvalue weighted by Crippen LogP contribution is 2.50. The van der Waals surface area contributed by atoms with Crippen LogP contribution >= 0.6 is 11.8 Å². The van der Waals surface area contributed by atoms with Crippen molar-refractivity contribution in [2.75, 3.05) is 16.8 Å². The van der Waals surface area contributed by atoms with Gasteiger partial charge in [0.05, 0.1) is 5.69 Å². The van der Waals surface area contributed by atoms with E-state index < -0.39 is 36.1 Å². The summed E-state index contributed by atoms with van der Waals surface area (Å²) in [6.07, 6.45) is -4.23. The quantitative estimate of drug-likeness (QED) is 0.864. The van der Waals surface area contributed by atoms with Crippen molar-refractivity contribution in [2.24, 2.45) is 5.41 Å². The summed E-state index contributed by atoms with van der Waals surface area (Å²) in [5.41, 5.74) is -2.36. The maximum atomic E-state index is 13.6. The van der Waals surface area contributed by atoms with Crippen molar-refractivity contribution in [3.63, 3.8) is 0 Å². The van der Waals surface area contributed by atoms with E-state index in [-0.39, 0.29) is 23.7 Å². The van der Waals surface area contributed by atoms with Gasteiger partial charge in [0, 0.05) is 36.9 Å². The minimum absolute atomic E-state index is 0.0339. The van der Waals surface area contributed by atoms with Crippen molar-refractivity contribution in [3.05, 3.63) is 28.2 Å². The Balaban J connectivity index is 1.92. The van der Waals surface area contributed by atoms with Crippen LogP contribution in [0, 0.1) is 12.3 Å². The molecule has 0 aromatic carbocycles. The molecule has 0 spiro atoms. The van der Waals surface area contributed by atoms with E-state index in [1.54, 1.807) is 18.7 Å². The van der Waals surface area contributed by atoms with Gasteiger partial charge in [0.1, 0.15) is 5.78 Å². The zero-order valence-corrected chi connectivity index (χ0v) is 15.0. The van der Waals surface area contributed by atoms with Crippen molar-refractivity contribution >= 4 is 29.1 Å². The molecular weight excluding hydrogens is 369 g/mol. The third-order valence-electron chi connectivity index (χ3n) is 5.14. The fourth-order valence-corrected chi connectivity index (χ4v) is 4.68. The predicted octanol–water partition coefficient (Wildman–Crippen LogP) is 3.07. The van der Waals surface area contributed by atoms with Gasteiger partial charge in [0.15, 0.2) is 5.41 Å². The fourth-order valence-electron chi connectivity index (χ4n) is 3.47. The molecular formula is C17H19F3N2O3S. The molecule has 1 aromatic rings. The number of alkyl halides is 3. The van der Waals surface area contributed by atoms with Gasteiger partial charge < -0.3 is 9.88 Å². The van der Waals surface area contributed by atoms with Crippen LogP contribution in [0.1, 0.15) is 37.3 Å². The van der Waals surface area contributed by atoms with Gasteiger partial charge >= 0.3 is 6.18 Å². The van der Waals surface area contributed by atoms with E-state index in [1.165, 1.54) is 16.8 Å².